The van der Waals surface area contributed by atoms with E-state index in [0.717, 1.165) is 12.1 Å². The molecule has 4 nitrogen and oxygen atoms in total. The molecule has 1 aromatic rings. The summed E-state index contributed by atoms with van der Waals surface area (Å²) in [4.78, 5) is 0. The Bertz CT molecular complexity index is 368. The quantitative estimate of drug-likeness (QED) is 0.454. The van der Waals surface area contributed by atoms with E-state index in [2.05, 4.69) is 5.43 Å². The molecule has 0 amide bonds. The summed E-state index contributed by atoms with van der Waals surface area (Å²) in [6, 6.07) is 4.45. The maximum absolute atomic E-state index is 12.4. The molecule has 0 saturated carbocycles. The van der Waals surface area contributed by atoms with E-state index in [1.165, 1.54) is 12.1 Å². The molecule has 0 aliphatic carbocycles. The van der Waals surface area contributed by atoms with Gasteiger partial charge in [0.25, 0.3) is 0 Å². The number of ether oxygens (including phenoxy) is 2. The van der Waals surface area contributed by atoms with E-state index in [1.54, 1.807) is 7.11 Å². The highest BCUT2D eigenvalue weighted by atomic mass is 19.4. The molecular weight excluding hydrogens is 261 g/mol. The normalized spacial score (nSPS) is 13.5. The number of hydrogen-bond acceptors (Lipinski definition) is 4. The highest BCUT2D eigenvalue weighted by Crippen LogP contribution is 2.29. The molecule has 0 saturated heterocycles. The van der Waals surface area contributed by atoms with Crippen molar-refractivity contribution in [1.82, 2.24) is 5.43 Å². The van der Waals surface area contributed by atoms with Crippen LogP contribution in [0.25, 0.3) is 0 Å². The summed E-state index contributed by atoms with van der Waals surface area (Å²) in [5.74, 6) is 5.36. The van der Waals surface area contributed by atoms with Crippen LogP contribution in [-0.4, -0.2) is 26.9 Å². The lowest BCUT2D eigenvalue weighted by Crippen LogP contribution is -2.31. The average Bonchev–Trinajstić information content (AvgIpc) is 2.38. The lowest BCUT2D eigenvalue weighted by molar-refractivity contribution is -0.137. The average molecular weight is 278 g/mol. The number of nitrogens with one attached hydrogen (secondary N) is 1. The Balaban J connectivity index is 2.61. The second-order valence-corrected chi connectivity index (χ2v) is 3.91. The summed E-state index contributed by atoms with van der Waals surface area (Å²) in [6.45, 7) is 1.10. The number of hydrogen-bond donors (Lipinski definition) is 2. The SMILES string of the molecule is COCCOCC(NN)c1ccc(C(F)(F)F)cc1. The first kappa shape index (κ1) is 15.9. The monoisotopic (exact) mass is 278 g/mol. The van der Waals surface area contributed by atoms with E-state index in [-0.39, 0.29) is 12.6 Å². The van der Waals surface area contributed by atoms with Gasteiger partial charge in [-0.1, -0.05) is 12.1 Å². The Morgan fingerprint density at radius 3 is 2.32 bits per heavy atom. The van der Waals surface area contributed by atoms with Crippen molar-refractivity contribution >= 4 is 0 Å². The van der Waals surface area contributed by atoms with Gasteiger partial charge in [-0.15, -0.1) is 0 Å². The molecule has 0 heterocycles. The topological polar surface area (TPSA) is 56.5 Å². The van der Waals surface area contributed by atoms with Crippen LogP contribution in [0.2, 0.25) is 0 Å². The third-order valence-electron chi connectivity index (χ3n) is 2.56. The number of rotatable bonds is 7. The van der Waals surface area contributed by atoms with Crippen LogP contribution in [-0.2, 0) is 15.7 Å². The molecule has 3 N–H and O–H groups in total. The first-order valence-corrected chi connectivity index (χ1v) is 5.69. The summed E-state index contributed by atoms with van der Waals surface area (Å²) in [5.41, 5.74) is 2.45. The zero-order valence-electron chi connectivity index (χ0n) is 10.5. The van der Waals surface area contributed by atoms with Gasteiger partial charge in [0, 0.05) is 7.11 Å². The molecule has 0 fully saturated rings. The highest BCUT2D eigenvalue weighted by molar-refractivity contribution is 5.26. The molecule has 0 aromatic heterocycles. The van der Waals surface area contributed by atoms with Crippen LogP contribution in [0.5, 0.6) is 0 Å². The second-order valence-electron chi connectivity index (χ2n) is 3.91. The molecule has 7 heteroatoms. The zero-order valence-corrected chi connectivity index (χ0v) is 10.5. The molecule has 1 unspecified atom stereocenters. The van der Waals surface area contributed by atoms with Crippen LogP contribution in [0.3, 0.4) is 0 Å². The van der Waals surface area contributed by atoms with Gasteiger partial charge in [-0.05, 0) is 17.7 Å². The Labute approximate surface area is 109 Å². The van der Waals surface area contributed by atoms with Gasteiger partial charge in [0.15, 0.2) is 0 Å². The van der Waals surface area contributed by atoms with E-state index in [9.17, 15) is 13.2 Å². The molecular formula is C12H17F3N2O2. The van der Waals surface area contributed by atoms with Gasteiger partial charge in [0.1, 0.15) is 0 Å². The van der Waals surface area contributed by atoms with E-state index in [1.807, 2.05) is 0 Å². The minimum Gasteiger partial charge on any atom is -0.382 e. The van der Waals surface area contributed by atoms with Gasteiger partial charge >= 0.3 is 6.18 Å². The lowest BCUT2D eigenvalue weighted by atomic mass is 10.1. The minimum absolute atomic E-state index is 0.255. The number of methoxy groups -OCH3 is 1. The Hall–Kier alpha value is -1.15. The second kappa shape index (κ2) is 7.44. The van der Waals surface area contributed by atoms with Crippen molar-refractivity contribution in [2.45, 2.75) is 12.2 Å². The van der Waals surface area contributed by atoms with Crippen molar-refractivity contribution in [1.29, 1.82) is 0 Å². The van der Waals surface area contributed by atoms with Gasteiger partial charge in [-0.3, -0.25) is 11.3 Å². The molecule has 0 aliphatic heterocycles. The maximum atomic E-state index is 12.4. The predicted octanol–water partition coefficient (Wildman–Crippen LogP) is 1.87. The number of hydrazine groups is 1. The summed E-state index contributed by atoms with van der Waals surface area (Å²) in [7, 11) is 1.55. The Kier molecular flexibility index (Phi) is 6.23. The van der Waals surface area contributed by atoms with Gasteiger partial charge < -0.3 is 9.47 Å². The van der Waals surface area contributed by atoms with Crippen molar-refractivity contribution in [3.8, 4) is 0 Å². The van der Waals surface area contributed by atoms with Crippen molar-refractivity contribution < 1.29 is 22.6 Å². The van der Waals surface area contributed by atoms with Crippen LogP contribution in [0, 0.1) is 0 Å². The molecule has 108 valence electrons. The van der Waals surface area contributed by atoms with Gasteiger partial charge in [0.2, 0.25) is 0 Å². The Morgan fingerprint density at radius 1 is 1.21 bits per heavy atom. The van der Waals surface area contributed by atoms with Crippen molar-refractivity contribution in [2.75, 3.05) is 26.9 Å². The van der Waals surface area contributed by atoms with E-state index >= 15 is 0 Å². The predicted molar refractivity (Wildman–Crippen MR) is 64.2 cm³/mol. The lowest BCUT2D eigenvalue weighted by Gasteiger charge is -2.17. The number of alkyl halides is 3. The van der Waals surface area contributed by atoms with E-state index < -0.39 is 11.7 Å². The third-order valence-corrected chi connectivity index (χ3v) is 2.56. The fourth-order valence-electron chi connectivity index (χ4n) is 1.49. The van der Waals surface area contributed by atoms with Crippen molar-refractivity contribution in [2.24, 2.45) is 5.84 Å². The van der Waals surface area contributed by atoms with Crippen LogP contribution >= 0.6 is 0 Å². The van der Waals surface area contributed by atoms with E-state index in [4.69, 9.17) is 15.3 Å². The van der Waals surface area contributed by atoms with Crippen LogP contribution in [0.1, 0.15) is 17.2 Å². The zero-order chi connectivity index (χ0) is 14.3. The summed E-state index contributed by atoms with van der Waals surface area (Å²) in [6.07, 6.45) is -4.33. The largest absolute Gasteiger partial charge is 0.416 e. The molecule has 0 spiro atoms. The highest BCUT2D eigenvalue weighted by Gasteiger charge is 2.30. The first-order chi connectivity index (χ1) is 8.99. The number of nitrogens with two attached hydrogens (primary N) is 1. The standard InChI is InChI=1S/C12H17F3N2O2/c1-18-6-7-19-8-11(17-16)9-2-4-10(5-3-9)12(13,14)15/h2-5,11,17H,6-8,16H2,1H3. The first-order valence-electron chi connectivity index (χ1n) is 5.69. The van der Waals surface area contributed by atoms with Crippen molar-refractivity contribution in [3.63, 3.8) is 0 Å². The Morgan fingerprint density at radius 2 is 1.84 bits per heavy atom. The van der Waals surface area contributed by atoms with Gasteiger partial charge in [0.05, 0.1) is 31.4 Å². The van der Waals surface area contributed by atoms with Crippen molar-refractivity contribution in [3.05, 3.63) is 35.4 Å². The molecule has 1 atom stereocenters. The molecule has 1 rings (SSSR count). The molecule has 1 aromatic carbocycles. The maximum Gasteiger partial charge on any atom is 0.416 e. The molecule has 0 aliphatic rings. The van der Waals surface area contributed by atoms with Crippen LogP contribution in [0.4, 0.5) is 13.2 Å². The molecule has 0 bridgehead atoms. The minimum atomic E-state index is -4.33. The summed E-state index contributed by atoms with van der Waals surface area (Å²) >= 11 is 0. The van der Waals surface area contributed by atoms with Gasteiger partial charge in [-0.2, -0.15) is 13.2 Å². The number of halogens is 3. The van der Waals surface area contributed by atoms with Gasteiger partial charge in [-0.25, -0.2) is 0 Å². The fourth-order valence-corrected chi connectivity index (χ4v) is 1.49. The molecule has 0 radical (unpaired) electrons. The van der Waals surface area contributed by atoms with Crippen LogP contribution in [0.15, 0.2) is 24.3 Å². The summed E-state index contributed by atoms with van der Waals surface area (Å²) < 4.78 is 47.3. The third kappa shape index (κ3) is 5.15. The smallest absolute Gasteiger partial charge is 0.382 e. The summed E-state index contributed by atoms with van der Waals surface area (Å²) in [5, 5.41) is 0. The fraction of sp³-hybridized carbons (Fsp3) is 0.500. The molecule has 19 heavy (non-hydrogen) atoms. The van der Waals surface area contributed by atoms with Crippen LogP contribution < -0.4 is 11.3 Å². The number of benzene rings is 1. The van der Waals surface area contributed by atoms with E-state index in [0.29, 0.717) is 18.8 Å².